The summed E-state index contributed by atoms with van der Waals surface area (Å²) in [5.74, 6) is -0.509. The number of rotatable bonds is 6. The van der Waals surface area contributed by atoms with Gasteiger partial charge in [0.1, 0.15) is 6.10 Å². The zero-order valence-electron chi connectivity index (χ0n) is 13.2. The molecule has 0 unspecified atom stereocenters. The number of amides is 1. The molecule has 0 saturated carbocycles. The van der Waals surface area contributed by atoms with Crippen molar-refractivity contribution in [1.82, 2.24) is 5.32 Å². The Morgan fingerprint density at radius 1 is 1.17 bits per heavy atom. The van der Waals surface area contributed by atoms with Crippen molar-refractivity contribution in [3.05, 3.63) is 88.0 Å². The first kappa shape index (κ1) is 17.4. The summed E-state index contributed by atoms with van der Waals surface area (Å²) in [4.78, 5) is 22.5. The summed E-state index contributed by atoms with van der Waals surface area (Å²) in [5.41, 5.74) is 0.941. The maximum absolute atomic E-state index is 12.3. The van der Waals surface area contributed by atoms with Gasteiger partial charge in [-0.15, -0.1) is 0 Å². The second kappa shape index (κ2) is 7.52. The van der Waals surface area contributed by atoms with Crippen LogP contribution in [0.2, 0.25) is 0 Å². The van der Waals surface area contributed by atoms with Crippen LogP contribution < -0.4 is 5.32 Å². The highest BCUT2D eigenvalue weighted by atomic mass is 16.6. The summed E-state index contributed by atoms with van der Waals surface area (Å²) in [5, 5.41) is 23.8. The molecule has 0 bridgehead atoms. The summed E-state index contributed by atoms with van der Waals surface area (Å²) in [6.07, 6.45) is -1.31. The Morgan fingerprint density at radius 3 is 2.42 bits per heavy atom. The van der Waals surface area contributed by atoms with Gasteiger partial charge in [-0.3, -0.25) is 14.9 Å². The van der Waals surface area contributed by atoms with Crippen LogP contribution in [-0.2, 0) is 4.79 Å². The molecule has 2 atom stereocenters. The van der Waals surface area contributed by atoms with Crippen molar-refractivity contribution in [2.45, 2.75) is 19.1 Å². The van der Waals surface area contributed by atoms with Crippen LogP contribution in [0.15, 0.2) is 66.7 Å². The second-order valence-electron chi connectivity index (χ2n) is 5.39. The molecule has 6 heteroatoms. The fourth-order valence-electron chi connectivity index (χ4n) is 2.25. The number of carbonyl (C=O) groups is 1. The van der Waals surface area contributed by atoms with E-state index in [1.54, 1.807) is 0 Å². The van der Waals surface area contributed by atoms with Crippen molar-refractivity contribution >= 4 is 11.6 Å². The standard InChI is InChI=1S/C18H18N2O4/c1-12(17(21)15-9-6-10-16(11-15)20(23)24)18(22)19-13(2)14-7-4-3-5-8-14/h3-11,13,17,21H,1H2,2H3,(H,19,22)/t13-,17-/m1/s1. The van der Waals surface area contributed by atoms with Crippen LogP contribution in [0, 0.1) is 10.1 Å². The molecule has 0 aliphatic rings. The third-order valence-corrected chi connectivity index (χ3v) is 3.67. The summed E-state index contributed by atoms with van der Waals surface area (Å²) in [6, 6.07) is 14.6. The Bertz CT molecular complexity index is 759. The van der Waals surface area contributed by atoms with Crippen LogP contribution >= 0.6 is 0 Å². The number of aliphatic hydroxyl groups is 1. The number of nitrogens with zero attached hydrogens (tertiary/aromatic N) is 1. The SMILES string of the molecule is C=C(C(=O)N[C@H](C)c1ccccc1)[C@@H](O)c1cccc([N+](=O)[O-])c1. The topological polar surface area (TPSA) is 92.5 Å². The fourth-order valence-corrected chi connectivity index (χ4v) is 2.25. The number of nitro groups is 1. The number of aliphatic hydroxyl groups excluding tert-OH is 1. The number of hydrogen-bond acceptors (Lipinski definition) is 4. The van der Waals surface area contributed by atoms with E-state index in [2.05, 4.69) is 11.9 Å². The molecule has 0 spiro atoms. The third-order valence-electron chi connectivity index (χ3n) is 3.67. The summed E-state index contributed by atoms with van der Waals surface area (Å²) in [6.45, 7) is 5.44. The first-order chi connectivity index (χ1) is 11.4. The smallest absolute Gasteiger partial charge is 0.269 e. The van der Waals surface area contributed by atoms with E-state index in [9.17, 15) is 20.0 Å². The van der Waals surface area contributed by atoms with Gasteiger partial charge >= 0.3 is 0 Å². The first-order valence-electron chi connectivity index (χ1n) is 7.37. The Hall–Kier alpha value is -2.99. The number of carbonyl (C=O) groups excluding carboxylic acids is 1. The van der Waals surface area contributed by atoms with Crippen LogP contribution in [0.3, 0.4) is 0 Å². The molecule has 24 heavy (non-hydrogen) atoms. The number of nitrogens with one attached hydrogen (secondary N) is 1. The molecule has 0 fully saturated rings. The molecule has 0 saturated heterocycles. The van der Waals surface area contributed by atoms with Gasteiger partial charge in [0.05, 0.1) is 11.0 Å². The Morgan fingerprint density at radius 2 is 1.79 bits per heavy atom. The Labute approximate surface area is 139 Å². The van der Waals surface area contributed by atoms with Gasteiger partial charge in [0.25, 0.3) is 5.69 Å². The van der Waals surface area contributed by atoms with Crippen molar-refractivity contribution in [3.8, 4) is 0 Å². The maximum Gasteiger partial charge on any atom is 0.269 e. The van der Waals surface area contributed by atoms with Crippen LogP contribution in [0.25, 0.3) is 0 Å². The lowest BCUT2D eigenvalue weighted by molar-refractivity contribution is -0.385. The Kier molecular flexibility index (Phi) is 5.44. The van der Waals surface area contributed by atoms with Crippen LogP contribution in [0.4, 0.5) is 5.69 Å². The zero-order chi connectivity index (χ0) is 17.7. The largest absolute Gasteiger partial charge is 0.383 e. The molecular formula is C18H18N2O4. The van der Waals surface area contributed by atoms with Crippen molar-refractivity contribution in [1.29, 1.82) is 0 Å². The first-order valence-corrected chi connectivity index (χ1v) is 7.37. The summed E-state index contributed by atoms with van der Waals surface area (Å²) < 4.78 is 0. The minimum Gasteiger partial charge on any atom is -0.383 e. The fraction of sp³-hybridized carbons (Fsp3) is 0.167. The minimum absolute atomic E-state index is 0.0710. The normalized spacial score (nSPS) is 12.9. The van der Waals surface area contributed by atoms with Gasteiger partial charge in [-0.2, -0.15) is 0 Å². The lowest BCUT2D eigenvalue weighted by Gasteiger charge is -2.18. The zero-order valence-corrected chi connectivity index (χ0v) is 13.2. The molecule has 0 aliphatic carbocycles. The van der Waals surface area contributed by atoms with Gasteiger partial charge in [-0.1, -0.05) is 49.0 Å². The van der Waals surface area contributed by atoms with E-state index in [1.807, 2.05) is 37.3 Å². The monoisotopic (exact) mass is 326 g/mol. The quantitative estimate of drug-likeness (QED) is 0.485. The van der Waals surface area contributed by atoms with Gasteiger partial charge in [-0.25, -0.2) is 0 Å². The molecule has 2 aromatic rings. The van der Waals surface area contributed by atoms with Crippen LogP contribution in [0.1, 0.15) is 30.2 Å². The van der Waals surface area contributed by atoms with Crippen molar-refractivity contribution < 1.29 is 14.8 Å². The summed E-state index contributed by atoms with van der Waals surface area (Å²) in [7, 11) is 0. The predicted molar refractivity (Wildman–Crippen MR) is 90.2 cm³/mol. The van der Waals surface area contributed by atoms with E-state index >= 15 is 0 Å². The van der Waals surface area contributed by atoms with E-state index in [-0.39, 0.29) is 22.9 Å². The molecule has 2 rings (SSSR count). The summed E-state index contributed by atoms with van der Waals surface area (Å²) >= 11 is 0. The number of benzene rings is 2. The highest BCUT2D eigenvalue weighted by Crippen LogP contribution is 2.24. The second-order valence-corrected chi connectivity index (χ2v) is 5.39. The average Bonchev–Trinajstić information content (AvgIpc) is 2.61. The third kappa shape index (κ3) is 4.05. The molecule has 6 nitrogen and oxygen atoms in total. The van der Waals surface area contributed by atoms with Gasteiger partial charge in [0.2, 0.25) is 5.91 Å². The van der Waals surface area contributed by atoms with Gasteiger partial charge < -0.3 is 10.4 Å². The lowest BCUT2D eigenvalue weighted by atomic mass is 10.0. The number of hydrogen-bond donors (Lipinski definition) is 2. The predicted octanol–water partition coefficient (Wildman–Crippen LogP) is 3.06. The van der Waals surface area contributed by atoms with E-state index in [0.717, 1.165) is 5.56 Å². The van der Waals surface area contributed by atoms with E-state index in [4.69, 9.17) is 0 Å². The van der Waals surface area contributed by atoms with Crippen molar-refractivity contribution in [2.75, 3.05) is 0 Å². The molecule has 0 aliphatic heterocycles. The Balaban J connectivity index is 2.08. The molecule has 0 aromatic heterocycles. The van der Waals surface area contributed by atoms with Crippen molar-refractivity contribution in [2.24, 2.45) is 0 Å². The number of non-ortho nitro benzene ring substituents is 1. The molecule has 0 radical (unpaired) electrons. The maximum atomic E-state index is 12.3. The molecule has 124 valence electrons. The van der Waals surface area contributed by atoms with Crippen LogP contribution in [-0.4, -0.2) is 15.9 Å². The molecule has 0 heterocycles. The van der Waals surface area contributed by atoms with Gasteiger partial charge in [0.15, 0.2) is 0 Å². The van der Waals surface area contributed by atoms with E-state index < -0.39 is 16.9 Å². The molecule has 1 amide bonds. The van der Waals surface area contributed by atoms with E-state index in [0.29, 0.717) is 0 Å². The van der Waals surface area contributed by atoms with Crippen molar-refractivity contribution in [3.63, 3.8) is 0 Å². The van der Waals surface area contributed by atoms with Gasteiger partial charge in [-0.05, 0) is 18.1 Å². The van der Waals surface area contributed by atoms with E-state index in [1.165, 1.54) is 24.3 Å². The average molecular weight is 326 g/mol. The molecular weight excluding hydrogens is 308 g/mol. The molecule has 2 N–H and O–H groups in total. The highest BCUT2D eigenvalue weighted by Gasteiger charge is 2.21. The lowest BCUT2D eigenvalue weighted by Crippen LogP contribution is -2.29. The van der Waals surface area contributed by atoms with Crippen LogP contribution in [0.5, 0.6) is 0 Å². The molecule has 2 aromatic carbocycles. The van der Waals surface area contributed by atoms with Gasteiger partial charge in [0, 0.05) is 17.7 Å². The number of nitro benzene ring substituents is 1. The minimum atomic E-state index is -1.31. The highest BCUT2D eigenvalue weighted by molar-refractivity contribution is 5.94.